The standard InChI is InChI=1S/C32H32O8/c1-36-21-11-6-18(7-12-21)5-10-20-16-25(33)31(38-3)27-23(15-19-8-13-22(37-2)14-9-19)24-17-26(34)32(39-4)28(35)30(24)40-29(20)27/h6-9,11-14,16-17,23,33-35H,5,10,15H2,1-4H3. The number of aromatic hydroxyl groups is 3. The first-order valence-corrected chi connectivity index (χ1v) is 12.9. The highest BCUT2D eigenvalue weighted by atomic mass is 16.5. The summed E-state index contributed by atoms with van der Waals surface area (Å²) in [7, 11) is 6.10. The minimum Gasteiger partial charge on any atom is -0.504 e. The SMILES string of the molecule is COc1ccc(CCc2cc(O)c(OC)c3c2Oc2c(cc(O)c(OC)c2O)C3Cc2ccc(OC)cc2)cc1. The van der Waals surface area contributed by atoms with E-state index < -0.39 is 5.92 Å². The Balaban J connectivity index is 1.64. The van der Waals surface area contributed by atoms with Gasteiger partial charge in [-0.3, -0.25) is 0 Å². The van der Waals surface area contributed by atoms with Gasteiger partial charge in [0, 0.05) is 17.0 Å². The summed E-state index contributed by atoms with van der Waals surface area (Å²) in [5.41, 5.74) is 4.00. The lowest BCUT2D eigenvalue weighted by Crippen LogP contribution is -2.16. The molecular weight excluding hydrogens is 512 g/mol. The van der Waals surface area contributed by atoms with Crippen molar-refractivity contribution in [3.63, 3.8) is 0 Å². The summed E-state index contributed by atoms with van der Waals surface area (Å²) >= 11 is 0. The van der Waals surface area contributed by atoms with Crippen LogP contribution in [0.15, 0.2) is 60.7 Å². The molecule has 0 saturated heterocycles. The number of hydrogen-bond donors (Lipinski definition) is 3. The van der Waals surface area contributed by atoms with E-state index in [1.54, 1.807) is 20.3 Å². The lowest BCUT2D eigenvalue weighted by atomic mass is 9.81. The maximum atomic E-state index is 11.1. The van der Waals surface area contributed by atoms with Crippen LogP contribution >= 0.6 is 0 Å². The monoisotopic (exact) mass is 544 g/mol. The minimum absolute atomic E-state index is 0.0142. The van der Waals surface area contributed by atoms with Crippen LogP contribution in [0.3, 0.4) is 0 Å². The van der Waals surface area contributed by atoms with Crippen molar-refractivity contribution >= 4 is 0 Å². The van der Waals surface area contributed by atoms with Crippen molar-refractivity contribution < 1.29 is 39.0 Å². The Bertz CT molecular complexity index is 1510. The molecule has 0 bridgehead atoms. The molecule has 3 N–H and O–H groups in total. The van der Waals surface area contributed by atoms with Crippen LogP contribution in [0.4, 0.5) is 0 Å². The van der Waals surface area contributed by atoms with Crippen molar-refractivity contribution in [1.29, 1.82) is 0 Å². The zero-order chi connectivity index (χ0) is 28.4. The Hall–Kier alpha value is -4.72. The molecule has 0 aliphatic carbocycles. The van der Waals surface area contributed by atoms with Crippen LogP contribution < -0.4 is 23.7 Å². The number of phenolic OH excluding ortho intramolecular Hbond substituents is 3. The Kier molecular flexibility index (Phi) is 7.51. The maximum absolute atomic E-state index is 11.1. The third-order valence-corrected chi connectivity index (χ3v) is 7.32. The molecule has 0 amide bonds. The topological polar surface area (TPSA) is 107 Å². The first kappa shape index (κ1) is 26.9. The Labute approximate surface area is 232 Å². The molecule has 4 aromatic rings. The van der Waals surface area contributed by atoms with Gasteiger partial charge in [-0.25, -0.2) is 0 Å². The molecule has 208 valence electrons. The molecule has 1 aliphatic rings. The number of rotatable bonds is 9. The molecule has 0 saturated carbocycles. The third-order valence-electron chi connectivity index (χ3n) is 7.32. The Morgan fingerprint density at radius 2 is 1.23 bits per heavy atom. The number of ether oxygens (including phenoxy) is 5. The van der Waals surface area contributed by atoms with Gasteiger partial charge in [-0.15, -0.1) is 0 Å². The second kappa shape index (κ2) is 11.2. The fourth-order valence-corrected chi connectivity index (χ4v) is 5.29. The van der Waals surface area contributed by atoms with Crippen LogP contribution in [-0.2, 0) is 19.3 Å². The van der Waals surface area contributed by atoms with Gasteiger partial charge in [0.05, 0.1) is 28.4 Å². The molecule has 1 atom stereocenters. The molecule has 0 fully saturated rings. The van der Waals surface area contributed by atoms with Crippen LogP contribution in [0.5, 0.6) is 51.7 Å². The summed E-state index contributed by atoms with van der Waals surface area (Å²) in [5.74, 6) is 1.44. The van der Waals surface area contributed by atoms with Gasteiger partial charge < -0.3 is 39.0 Å². The largest absolute Gasteiger partial charge is 0.504 e. The molecule has 0 aromatic heterocycles. The van der Waals surface area contributed by atoms with E-state index in [-0.39, 0.29) is 34.5 Å². The maximum Gasteiger partial charge on any atom is 0.206 e. The summed E-state index contributed by atoms with van der Waals surface area (Å²) in [5, 5.41) is 32.9. The zero-order valence-electron chi connectivity index (χ0n) is 22.9. The van der Waals surface area contributed by atoms with Gasteiger partial charge in [0.15, 0.2) is 23.0 Å². The van der Waals surface area contributed by atoms with Gasteiger partial charge in [0.2, 0.25) is 11.5 Å². The lowest BCUT2D eigenvalue weighted by molar-refractivity contribution is 0.320. The fourth-order valence-electron chi connectivity index (χ4n) is 5.29. The summed E-state index contributed by atoms with van der Waals surface area (Å²) in [6, 6.07) is 18.6. The number of aryl methyl sites for hydroxylation is 2. The zero-order valence-corrected chi connectivity index (χ0v) is 22.9. The summed E-state index contributed by atoms with van der Waals surface area (Å²) < 4.78 is 27.9. The minimum atomic E-state index is -0.434. The van der Waals surface area contributed by atoms with Crippen molar-refractivity contribution in [2.24, 2.45) is 0 Å². The number of fused-ring (bicyclic) bond motifs is 2. The first-order valence-electron chi connectivity index (χ1n) is 12.9. The van der Waals surface area contributed by atoms with Crippen molar-refractivity contribution in [2.45, 2.75) is 25.2 Å². The van der Waals surface area contributed by atoms with Crippen molar-refractivity contribution in [1.82, 2.24) is 0 Å². The van der Waals surface area contributed by atoms with Gasteiger partial charge in [-0.05, 0) is 72.4 Å². The van der Waals surface area contributed by atoms with E-state index in [1.807, 2.05) is 48.5 Å². The van der Waals surface area contributed by atoms with E-state index in [0.717, 1.165) is 28.2 Å². The third kappa shape index (κ3) is 4.88. The van der Waals surface area contributed by atoms with E-state index in [0.29, 0.717) is 36.1 Å². The van der Waals surface area contributed by atoms with E-state index in [2.05, 4.69) is 0 Å². The van der Waals surface area contributed by atoms with Gasteiger partial charge >= 0.3 is 0 Å². The molecule has 1 unspecified atom stereocenters. The van der Waals surface area contributed by atoms with Crippen LogP contribution in [0.2, 0.25) is 0 Å². The summed E-state index contributed by atoms with van der Waals surface area (Å²) in [6.07, 6.45) is 1.69. The second-order valence-electron chi connectivity index (χ2n) is 9.58. The molecule has 4 aromatic carbocycles. The normalized spacial score (nSPS) is 13.6. The van der Waals surface area contributed by atoms with Gasteiger partial charge in [0.25, 0.3) is 0 Å². The second-order valence-corrected chi connectivity index (χ2v) is 9.58. The number of benzene rings is 4. The van der Waals surface area contributed by atoms with Gasteiger partial charge in [0.1, 0.15) is 17.2 Å². The average molecular weight is 545 g/mol. The van der Waals surface area contributed by atoms with E-state index in [4.69, 9.17) is 23.7 Å². The highest BCUT2D eigenvalue weighted by Crippen LogP contribution is 2.59. The molecular formula is C32H32O8. The smallest absolute Gasteiger partial charge is 0.206 e. The van der Waals surface area contributed by atoms with E-state index >= 15 is 0 Å². The first-order chi connectivity index (χ1) is 19.4. The Morgan fingerprint density at radius 1 is 0.650 bits per heavy atom. The molecule has 8 nitrogen and oxygen atoms in total. The number of hydrogen-bond acceptors (Lipinski definition) is 8. The van der Waals surface area contributed by atoms with E-state index in [9.17, 15) is 15.3 Å². The molecule has 0 radical (unpaired) electrons. The molecule has 1 aliphatic heterocycles. The van der Waals surface area contributed by atoms with Crippen LogP contribution in [-0.4, -0.2) is 43.8 Å². The molecule has 0 spiro atoms. The number of phenols is 3. The van der Waals surface area contributed by atoms with Gasteiger partial charge in [-0.1, -0.05) is 24.3 Å². The predicted octanol–water partition coefficient (Wildman–Crippen LogP) is 6.10. The molecule has 8 heteroatoms. The van der Waals surface area contributed by atoms with Crippen molar-refractivity contribution in [3.8, 4) is 51.7 Å². The Morgan fingerprint density at radius 3 is 1.80 bits per heavy atom. The van der Waals surface area contributed by atoms with Crippen LogP contribution in [0.1, 0.15) is 33.7 Å². The fraction of sp³-hybridized carbons (Fsp3) is 0.250. The summed E-state index contributed by atoms with van der Waals surface area (Å²) in [6.45, 7) is 0. The quantitative estimate of drug-likeness (QED) is 0.232. The molecule has 40 heavy (non-hydrogen) atoms. The predicted molar refractivity (Wildman–Crippen MR) is 150 cm³/mol. The lowest BCUT2D eigenvalue weighted by Gasteiger charge is -2.32. The van der Waals surface area contributed by atoms with Crippen LogP contribution in [0.25, 0.3) is 0 Å². The number of methoxy groups -OCH3 is 4. The van der Waals surface area contributed by atoms with Crippen molar-refractivity contribution in [3.05, 3.63) is 88.5 Å². The van der Waals surface area contributed by atoms with Gasteiger partial charge in [-0.2, -0.15) is 0 Å². The van der Waals surface area contributed by atoms with Crippen molar-refractivity contribution in [2.75, 3.05) is 28.4 Å². The highest BCUT2D eigenvalue weighted by Gasteiger charge is 2.37. The highest BCUT2D eigenvalue weighted by molar-refractivity contribution is 5.71. The average Bonchev–Trinajstić information content (AvgIpc) is 2.97. The molecule has 5 rings (SSSR count). The van der Waals surface area contributed by atoms with E-state index in [1.165, 1.54) is 20.3 Å². The molecule has 1 heterocycles. The van der Waals surface area contributed by atoms with Crippen LogP contribution in [0, 0.1) is 0 Å². The summed E-state index contributed by atoms with van der Waals surface area (Å²) in [4.78, 5) is 0.